The zero-order chi connectivity index (χ0) is 22.9. The standard InChI is InChI=1S/C25H34N4O3/c1-24(2)17-27(3)12-9-25(24,32)18-29-16-21(23(31)28-13-10-26-11-14-28)20(15-22(29)30)19-7-5-4-6-8-19/h4-8,15-16,26,32H,9-14,17-18H2,1-3H3. The first kappa shape index (κ1) is 22.7. The minimum atomic E-state index is -1.03. The zero-order valence-electron chi connectivity index (χ0n) is 19.3. The van der Waals surface area contributed by atoms with Crippen molar-refractivity contribution in [3.05, 3.63) is 58.5 Å². The summed E-state index contributed by atoms with van der Waals surface area (Å²) in [5.74, 6) is -0.0752. The van der Waals surface area contributed by atoms with Crippen LogP contribution in [0.2, 0.25) is 0 Å². The molecule has 0 saturated carbocycles. The molecule has 4 rings (SSSR count). The maximum Gasteiger partial charge on any atom is 0.256 e. The molecule has 1 atom stereocenters. The van der Waals surface area contributed by atoms with Crippen LogP contribution < -0.4 is 10.9 Å². The number of hydrogen-bond donors (Lipinski definition) is 2. The summed E-state index contributed by atoms with van der Waals surface area (Å²) in [5.41, 5.74) is 0.363. The molecule has 1 aromatic carbocycles. The summed E-state index contributed by atoms with van der Waals surface area (Å²) >= 11 is 0. The molecular weight excluding hydrogens is 404 g/mol. The van der Waals surface area contributed by atoms with Gasteiger partial charge in [0.2, 0.25) is 0 Å². The van der Waals surface area contributed by atoms with Gasteiger partial charge >= 0.3 is 0 Å². The number of aromatic nitrogens is 1. The van der Waals surface area contributed by atoms with Crippen LogP contribution in [0.4, 0.5) is 0 Å². The number of benzene rings is 1. The highest BCUT2D eigenvalue weighted by atomic mass is 16.3. The first-order valence-corrected chi connectivity index (χ1v) is 11.4. The number of piperidine rings is 1. The van der Waals surface area contributed by atoms with Gasteiger partial charge in [0, 0.05) is 62.5 Å². The third-order valence-corrected chi connectivity index (χ3v) is 7.11. The molecule has 2 aliphatic rings. The number of nitrogens with zero attached hydrogens (tertiary/aromatic N) is 3. The number of carbonyl (C=O) groups is 1. The summed E-state index contributed by atoms with van der Waals surface area (Å²) in [4.78, 5) is 30.7. The molecule has 172 valence electrons. The second kappa shape index (κ2) is 8.81. The second-order valence-electron chi connectivity index (χ2n) is 9.88. The van der Waals surface area contributed by atoms with Crippen LogP contribution in [-0.2, 0) is 6.54 Å². The molecule has 0 radical (unpaired) electrons. The van der Waals surface area contributed by atoms with E-state index in [-0.39, 0.29) is 23.4 Å². The van der Waals surface area contributed by atoms with Crippen LogP contribution in [0, 0.1) is 5.41 Å². The highest BCUT2D eigenvalue weighted by Crippen LogP contribution is 2.39. The second-order valence-corrected chi connectivity index (χ2v) is 9.88. The fourth-order valence-corrected chi connectivity index (χ4v) is 4.95. The lowest BCUT2D eigenvalue weighted by atomic mass is 9.70. The summed E-state index contributed by atoms with van der Waals surface area (Å²) in [6.45, 7) is 8.55. The van der Waals surface area contributed by atoms with Crippen molar-refractivity contribution in [1.82, 2.24) is 19.7 Å². The Morgan fingerprint density at radius 1 is 1.12 bits per heavy atom. The summed E-state index contributed by atoms with van der Waals surface area (Å²) in [6.07, 6.45) is 2.24. The summed E-state index contributed by atoms with van der Waals surface area (Å²) < 4.78 is 1.54. The number of aliphatic hydroxyl groups is 1. The number of piperazine rings is 1. The van der Waals surface area contributed by atoms with Gasteiger partial charge in [0.25, 0.3) is 11.5 Å². The van der Waals surface area contributed by atoms with Gasteiger partial charge in [-0.2, -0.15) is 0 Å². The summed E-state index contributed by atoms with van der Waals surface area (Å²) in [5, 5.41) is 14.8. The van der Waals surface area contributed by atoms with Gasteiger partial charge in [-0.25, -0.2) is 0 Å². The quantitative estimate of drug-likeness (QED) is 0.759. The molecule has 2 aliphatic heterocycles. The highest BCUT2D eigenvalue weighted by molar-refractivity contribution is 6.00. The summed E-state index contributed by atoms with van der Waals surface area (Å²) in [7, 11) is 2.05. The average molecular weight is 439 g/mol. The van der Waals surface area contributed by atoms with Gasteiger partial charge in [0.1, 0.15) is 0 Å². The van der Waals surface area contributed by atoms with Crippen LogP contribution in [0.1, 0.15) is 30.6 Å². The average Bonchev–Trinajstić information content (AvgIpc) is 2.78. The van der Waals surface area contributed by atoms with Gasteiger partial charge in [-0.15, -0.1) is 0 Å². The lowest BCUT2D eigenvalue weighted by Gasteiger charge is -2.49. The van der Waals surface area contributed by atoms with E-state index in [9.17, 15) is 14.7 Å². The van der Waals surface area contributed by atoms with Crippen molar-refractivity contribution in [2.24, 2.45) is 5.41 Å². The van der Waals surface area contributed by atoms with E-state index in [4.69, 9.17) is 0 Å². The van der Waals surface area contributed by atoms with E-state index in [2.05, 4.69) is 10.2 Å². The molecule has 0 spiro atoms. The lowest BCUT2D eigenvalue weighted by molar-refractivity contribution is -0.124. The predicted molar refractivity (Wildman–Crippen MR) is 126 cm³/mol. The van der Waals surface area contributed by atoms with Gasteiger partial charge in [-0.3, -0.25) is 9.59 Å². The molecule has 2 saturated heterocycles. The number of carbonyl (C=O) groups excluding carboxylic acids is 1. The maximum atomic E-state index is 13.5. The Hall–Kier alpha value is -2.48. The minimum Gasteiger partial charge on any atom is -0.387 e. The van der Waals surface area contributed by atoms with E-state index in [1.807, 2.05) is 56.1 Å². The van der Waals surface area contributed by atoms with Crippen LogP contribution in [0.5, 0.6) is 0 Å². The maximum absolute atomic E-state index is 13.5. The Bertz CT molecular complexity index is 1030. The smallest absolute Gasteiger partial charge is 0.256 e. The first-order valence-electron chi connectivity index (χ1n) is 11.4. The number of nitrogens with one attached hydrogen (secondary N) is 1. The molecular formula is C25H34N4O3. The third kappa shape index (κ3) is 4.37. The highest BCUT2D eigenvalue weighted by Gasteiger charge is 2.47. The summed E-state index contributed by atoms with van der Waals surface area (Å²) in [6, 6.07) is 11.1. The molecule has 1 aromatic heterocycles. The Balaban J connectivity index is 1.76. The van der Waals surface area contributed by atoms with E-state index >= 15 is 0 Å². The van der Waals surface area contributed by atoms with Crippen molar-refractivity contribution >= 4 is 5.91 Å². The molecule has 0 aliphatic carbocycles. The molecule has 3 heterocycles. The normalized spacial score (nSPS) is 23.8. The van der Waals surface area contributed by atoms with Gasteiger partial charge in [-0.1, -0.05) is 44.2 Å². The molecule has 2 aromatic rings. The molecule has 7 heteroatoms. The molecule has 1 amide bonds. The number of amides is 1. The Kier molecular flexibility index (Phi) is 6.25. The van der Waals surface area contributed by atoms with Crippen LogP contribution in [0.3, 0.4) is 0 Å². The van der Waals surface area contributed by atoms with Gasteiger partial charge < -0.3 is 24.8 Å². The van der Waals surface area contributed by atoms with Crippen molar-refractivity contribution in [2.75, 3.05) is 46.3 Å². The van der Waals surface area contributed by atoms with Crippen molar-refractivity contribution in [1.29, 1.82) is 0 Å². The Morgan fingerprint density at radius 3 is 2.47 bits per heavy atom. The largest absolute Gasteiger partial charge is 0.387 e. The van der Waals surface area contributed by atoms with E-state index < -0.39 is 5.60 Å². The molecule has 2 N–H and O–H groups in total. The van der Waals surface area contributed by atoms with Crippen molar-refractivity contribution in [2.45, 2.75) is 32.4 Å². The SMILES string of the molecule is CN1CCC(O)(Cn2cc(C(=O)N3CCNCC3)c(-c3ccccc3)cc2=O)C(C)(C)C1. The Labute approximate surface area is 189 Å². The van der Waals surface area contributed by atoms with E-state index in [0.29, 0.717) is 30.6 Å². The monoisotopic (exact) mass is 438 g/mol. The Morgan fingerprint density at radius 2 is 1.81 bits per heavy atom. The topological polar surface area (TPSA) is 77.8 Å². The number of pyridine rings is 1. The van der Waals surface area contributed by atoms with Crippen LogP contribution in [0.15, 0.2) is 47.4 Å². The first-order chi connectivity index (χ1) is 15.2. The van der Waals surface area contributed by atoms with Gasteiger partial charge in [0.05, 0.1) is 17.7 Å². The van der Waals surface area contributed by atoms with Gasteiger partial charge in [-0.05, 0) is 19.0 Å². The molecule has 2 fully saturated rings. The zero-order valence-corrected chi connectivity index (χ0v) is 19.3. The fraction of sp³-hybridized carbons (Fsp3) is 0.520. The predicted octanol–water partition coefficient (Wildman–Crippen LogP) is 1.65. The van der Waals surface area contributed by atoms with Crippen LogP contribution >= 0.6 is 0 Å². The third-order valence-electron chi connectivity index (χ3n) is 7.11. The molecule has 7 nitrogen and oxygen atoms in total. The van der Waals surface area contributed by atoms with Crippen LogP contribution in [0.25, 0.3) is 11.1 Å². The van der Waals surface area contributed by atoms with E-state index in [1.165, 1.54) is 4.57 Å². The fourth-order valence-electron chi connectivity index (χ4n) is 4.95. The number of likely N-dealkylation sites (tertiary alicyclic amines) is 1. The van der Waals surface area contributed by atoms with E-state index in [1.54, 1.807) is 12.3 Å². The lowest BCUT2D eigenvalue weighted by Crippen LogP contribution is -2.59. The molecule has 0 bridgehead atoms. The number of hydrogen-bond acceptors (Lipinski definition) is 5. The van der Waals surface area contributed by atoms with Crippen LogP contribution in [-0.4, -0.2) is 77.3 Å². The van der Waals surface area contributed by atoms with Crippen molar-refractivity contribution in [3.63, 3.8) is 0 Å². The van der Waals surface area contributed by atoms with Gasteiger partial charge in [0.15, 0.2) is 0 Å². The van der Waals surface area contributed by atoms with Crippen molar-refractivity contribution < 1.29 is 9.90 Å². The molecule has 1 unspecified atom stereocenters. The number of rotatable bonds is 4. The van der Waals surface area contributed by atoms with E-state index in [0.717, 1.165) is 31.7 Å². The van der Waals surface area contributed by atoms with Crippen molar-refractivity contribution in [3.8, 4) is 11.1 Å². The molecule has 32 heavy (non-hydrogen) atoms. The minimum absolute atomic E-state index is 0.0752.